The van der Waals surface area contributed by atoms with Gasteiger partial charge in [-0.2, -0.15) is 0 Å². The Morgan fingerprint density at radius 2 is 1.82 bits per heavy atom. The number of hydrogen-bond donors (Lipinski definition) is 0. The van der Waals surface area contributed by atoms with E-state index >= 15 is 0 Å². The molecule has 2 heteroatoms. The van der Waals surface area contributed by atoms with Gasteiger partial charge in [0, 0.05) is 11.3 Å². The molecule has 94 valence electrons. The summed E-state index contributed by atoms with van der Waals surface area (Å²) in [5, 5.41) is 0. The van der Waals surface area contributed by atoms with E-state index in [9.17, 15) is 4.79 Å². The summed E-state index contributed by atoms with van der Waals surface area (Å²) >= 11 is 1.65. The molecule has 0 aliphatic heterocycles. The molecule has 0 spiro atoms. The number of Topliss-reactive ketones (excluding diaryl/α,β-unsaturated/α-hetero) is 1. The molecule has 0 atom stereocenters. The summed E-state index contributed by atoms with van der Waals surface area (Å²) in [6.45, 7) is 4.27. The van der Waals surface area contributed by atoms with E-state index in [4.69, 9.17) is 0 Å². The molecule has 0 fully saturated rings. The fourth-order valence-electron chi connectivity index (χ4n) is 1.62. The van der Waals surface area contributed by atoms with Crippen LogP contribution in [0.2, 0.25) is 0 Å². The van der Waals surface area contributed by atoms with Crippen molar-refractivity contribution in [2.75, 3.05) is 5.75 Å². The molecule has 0 amide bonds. The van der Waals surface area contributed by atoms with Gasteiger partial charge in [-0.15, -0.1) is 11.8 Å². The maximum absolute atomic E-state index is 11.6. The summed E-state index contributed by atoms with van der Waals surface area (Å²) in [6.07, 6.45) is 5.47. The van der Waals surface area contributed by atoms with E-state index in [0.717, 1.165) is 12.8 Å². The molecule has 0 aromatic heterocycles. The summed E-state index contributed by atoms with van der Waals surface area (Å²) in [5.41, 5.74) is 1.26. The molecule has 1 rings (SSSR count). The summed E-state index contributed by atoms with van der Waals surface area (Å²) in [4.78, 5) is 12.8. The van der Waals surface area contributed by atoms with Crippen molar-refractivity contribution in [2.45, 2.75) is 50.8 Å². The molecule has 0 saturated heterocycles. The second kappa shape index (κ2) is 8.35. The highest BCUT2D eigenvalue weighted by molar-refractivity contribution is 8.00. The standard InChI is InChI=1S/C15H22OS/c1-3-4-5-6-7-14(16)12-17-15-10-8-13(2)9-11-15/h8-11H,3-7,12H2,1-2H3. The molecule has 1 aromatic carbocycles. The van der Waals surface area contributed by atoms with Gasteiger partial charge in [0.25, 0.3) is 0 Å². The number of benzene rings is 1. The van der Waals surface area contributed by atoms with Gasteiger partial charge in [0.1, 0.15) is 5.78 Å². The monoisotopic (exact) mass is 250 g/mol. The highest BCUT2D eigenvalue weighted by Gasteiger charge is 2.02. The lowest BCUT2D eigenvalue weighted by molar-refractivity contribution is -0.116. The Kier molecular flexibility index (Phi) is 7.02. The van der Waals surface area contributed by atoms with Crippen molar-refractivity contribution in [2.24, 2.45) is 0 Å². The lowest BCUT2D eigenvalue weighted by Gasteiger charge is -2.02. The average Bonchev–Trinajstić information content (AvgIpc) is 2.34. The Balaban J connectivity index is 2.17. The molecule has 0 bridgehead atoms. The maximum Gasteiger partial charge on any atom is 0.143 e. The molecule has 1 aromatic rings. The normalized spacial score (nSPS) is 10.5. The van der Waals surface area contributed by atoms with Crippen LogP contribution in [-0.4, -0.2) is 11.5 Å². The number of thioether (sulfide) groups is 1. The third kappa shape index (κ3) is 6.52. The Labute approximate surface area is 109 Å². The number of rotatable bonds is 8. The Hall–Kier alpha value is -0.760. The lowest BCUT2D eigenvalue weighted by atomic mass is 10.1. The molecule has 0 unspecified atom stereocenters. The maximum atomic E-state index is 11.6. The van der Waals surface area contributed by atoms with Gasteiger partial charge in [-0.05, 0) is 25.5 Å². The van der Waals surface area contributed by atoms with Crippen molar-refractivity contribution in [3.63, 3.8) is 0 Å². The van der Waals surface area contributed by atoms with E-state index in [-0.39, 0.29) is 0 Å². The molecule has 0 aliphatic rings. The largest absolute Gasteiger partial charge is 0.299 e. The minimum absolute atomic E-state index is 0.381. The summed E-state index contributed by atoms with van der Waals surface area (Å²) in [7, 11) is 0. The second-order valence-corrected chi connectivity index (χ2v) is 5.50. The minimum atomic E-state index is 0.381. The zero-order valence-electron chi connectivity index (χ0n) is 10.9. The van der Waals surface area contributed by atoms with Crippen LogP contribution in [0.5, 0.6) is 0 Å². The Bertz CT molecular complexity index is 329. The van der Waals surface area contributed by atoms with Crippen LogP contribution in [0, 0.1) is 6.92 Å². The number of unbranched alkanes of at least 4 members (excludes halogenated alkanes) is 3. The summed E-state index contributed by atoms with van der Waals surface area (Å²) < 4.78 is 0. The molecule has 0 radical (unpaired) electrons. The topological polar surface area (TPSA) is 17.1 Å². The van der Waals surface area contributed by atoms with Crippen LogP contribution in [-0.2, 0) is 4.79 Å². The smallest absolute Gasteiger partial charge is 0.143 e. The zero-order chi connectivity index (χ0) is 12.5. The SMILES string of the molecule is CCCCCCC(=O)CSc1ccc(C)cc1. The van der Waals surface area contributed by atoms with Gasteiger partial charge < -0.3 is 0 Å². The van der Waals surface area contributed by atoms with Crippen LogP contribution in [0.1, 0.15) is 44.6 Å². The van der Waals surface area contributed by atoms with Crippen LogP contribution in [0.25, 0.3) is 0 Å². The second-order valence-electron chi connectivity index (χ2n) is 4.45. The van der Waals surface area contributed by atoms with Gasteiger partial charge in [0.15, 0.2) is 0 Å². The van der Waals surface area contributed by atoms with E-state index in [2.05, 4.69) is 38.1 Å². The van der Waals surface area contributed by atoms with Crippen molar-refractivity contribution >= 4 is 17.5 Å². The fraction of sp³-hybridized carbons (Fsp3) is 0.533. The third-order valence-electron chi connectivity index (χ3n) is 2.73. The highest BCUT2D eigenvalue weighted by Crippen LogP contribution is 2.19. The van der Waals surface area contributed by atoms with E-state index in [0.29, 0.717) is 11.5 Å². The molecule has 17 heavy (non-hydrogen) atoms. The van der Waals surface area contributed by atoms with Gasteiger partial charge in [0.2, 0.25) is 0 Å². The third-order valence-corrected chi connectivity index (χ3v) is 3.80. The van der Waals surface area contributed by atoms with Crippen molar-refractivity contribution in [1.82, 2.24) is 0 Å². The van der Waals surface area contributed by atoms with E-state index in [1.165, 1.54) is 29.7 Å². The van der Waals surface area contributed by atoms with E-state index in [1.54, 1.807) is 11.8 Å². The van der Waals surface area contributed by atoms with Crippen molar-refractivity contribution in [3.05, 3.63) is 29.8 Å². The zero-order valence-corrected chi connectivity index (χ0v) is 11.7. The first-order chi connectivity index (χ1) is 8.22. The number of hydrogen-bond acceptors (Lipinski definition) is 2. The number of aryl methyl sites for hydroxylation is 1. The first-order valence-corrected chi connectivity index (χ1v) is 7.42. The van der Waals surface area contributed by atoms with Crippen molar-refractivity contribution in [1.29, 1.82) is 0 Å². The average molecular weight is 250 g/mol. The molecule has 1 nitrogen and oxygen atoms in total. The first kappa shape index (κ1) is 14.3. The molecular weight excluding hydrogens is 228 g/mol. The number of ketones is 1. The molecule has 0 N–H and O–H groups in total. The number of carbonyl (C=O) groups excluding carboxylic acids is 1. The summed E-state index contributed by atoms with van der Waals surface area (Å²) in [6, 6.07) is 8.36. The van der Waals surface area contributed by atoms with Gasteiger partial charge >= 0.3 is 0 Å². The first-order valence-electron chi connectivity index (χ1n) is 6.43. The van der Waals surface area contributed by atoms with E-state index in [1.807, 2.05) is 0 Å². The quantitative estimate of drug-likeness (QED) is 0.494. The van der Waals surface area contributed by atoms with Crippen LogP contribution in [0.15, 0.2) is 29.2 Å². The molecule has 0 heterocycles. The Morgan fingerprint density at radius 1 is 1.12 bits per heavy atom. The van der Waals surface area contributed by atoms with Crippen LogP contribution in [0.4, 0.5) is 0 Å². The lowest BCUT2D eigenvalue weighted by Crippen LogP contribution is -2.00. The van der Waals surface area contributed by atoms with Crippen LogP contribution < -0.4 is 0 Å². The minimum Gasteiger partial charge on any atom is -0.299 e. The summed E-state index contributed by atoms with van der Waals surface area (Å²) in [5.74, 6) is 1.00. The predicted molar refractivity (Wildman–Crippen MR) is 75.7 cm³/mol. The fourth-order valence-corrected chi connectivity index (χ4v) is 2.42. The predicted octanol–water partition coefficient (Wildman–Crippen LogP) is 4.63. The van der Waals surface area contributed by atoms with Crippen molar-refractivity contribution in [3.8, 4) is 0 Å². The molecule has 0 saturated carbocycles. The Morgan fingerprint density at radius 3 is 2.47 bits per heavy atom. The van der Waals surface area contributed by atoms with Crippen LogP contribution in [0.3, 0.4) is 0 Å². The highest BCUT2D eigenvalue weighted by atomic mass is 32.2. The van der Waals surface area contributed by atoms with Crippen molar-refractivity contribution < 1.29 is 4.79 Å². The van der Waals surface area contributed by atoms with Crippen LogP contribution >= 0.6 is 11.8 Å². The van der Waals surface area contributed by atoms with Gasteiger partial charge in [-0.1, -0.05) is 43.9 Å². The molecular formula is C15H22OS. The number of carbonyl (C=O) groups is 1. The van der Waals surface area contributed by atoms with Gasteiger partial charge in [-0.25, -0.2) is 0 Å². The van der Waals surface area contributed by atoms with Gasteiger partial charge in [-0.3, -0.25) is 4.79 Å². The van der Waals surface area contributed by atoms with E-state index < -0.39 is 0 Å². The van der Waals surface area contributed by atoms with Gasteiger partial charge in [0.05, 0.1) is 5.75 Å². The molecule has 0 aliphatic carbocycles.